The number of carbonyl (C=O) groups is 3. The molecule has 3 amide bonds. The summed E-state index contributed by atoms with van der Waals surface area (Å²) in [5, 5.41) is 5.14. The Labute approximate surface area is 119 Å². The first-order valence-electron chi connectivity index (χ1n) is 6.77. The van der Waals surface area contributed by atoms with Crippen LogP contribution >= 0.6 is 0 Å². The summed E-state index contributed by atoms with van der Waals surface area (Å²) in [6.45, 7) is 5.06. The van der Waals surface area contributed by atoms with Crippen molar-refractivity contribution in [1.82, 2.24) is 14.8 Å². The van der Waals surface area contributed by atoms with E-state index in [0.717, 1.165) is 0 Å². The summed E-state index contributed by atoms with van der Waals surface area (Å²) in [4.78, 5) is 38.4. The molecule has 0 aromatic heterocycles. The van der Waals surface area contributed by atoms with Crippen LogP contribution in [-0.2, 0) is 14.4 Å². The van der Waals surface area contributed by atoms with Crippen LogP contribution in [0.5, 0.6) is 0 Å². The molecule has 0 N–H and O–H groups in total. The zero-order valence-corrected chi connectivity index (χ0v) is 12.5. The normalized spacial score (nSPS) is 14.9. The highest BCUT2D eigenvalue weighted by Crippen LogP contribution is 2.09. The Balaban J connectivity index is 2.66. The van der Waals surface area contributed by atoms with Crippen LogP contribution in [0.25, 0.3) is 0 Å². The third-order valence-corrected chi connectivity index (χ3v) is 3.29. The van der Waals surface area contributed by atoms with E-state index in [4.69, 9.17) is 0 Å². The van der Waals surface area contributed by atoms with Crippen LogP contribution in [0.3, 0.4) is 0 Å². The largest absolute Gasteiger partial charge is 0.342 e. The number of nitrogens with zero attached hydrogens (tertiary/aromatic N) is 4. The van der Waals surface area contributed by atoms with Gasteiger partial charge < -0.3 is 9.80 Å². The molecule has 0 saturated carbocycles. The topological polar surface area (TPSA) is 73.3 Å². The number of hydrazone groups is 1. The molecule has 0 aromatic rings. The first-order valence-corrected chi connectivity index (χ1v) is 6.77. The quantitative estimate of drug-likeness (QED) is 0.708. The molecule has 0 atom stereocenters. The summed E-state index contributed by atoms with van der Waals surface area (Å²) in [5.41, 5.74) is 0.321. The summed E-state index contributed by atoms with van der Waals surface area (Å²) in [7, 11) is 3.10. The Morgan fingerprint density at radius 2 is 1.85 bits per heavy atom. The van der Waals surface area contributed by atoms with Crippen LogP contribution in [0.1, 0.15) is 26.7 Å². The SMILES string of the molecule is CCN(CC)C(=O)CN(C)C(=O)C1=NN(C)C(=O)CC1. The minimum atomic E-state index is -0.301. The zero-order valence-electron chi connectivity index (χ0n) is 12.5. The average Bonchev–Trinajstić information content (AvgIpc) is 2.42. The van der Waals surface area contributed by atoms with Crippen LogP contribution in [-0.4, -0.2) is 72.0 Å². The van der Waals surface area contributed by atoms with Gasteiger partial charge in [-0.3, -0.25) is 14.4 Å². The average molecular weight is 282 g/mol. The molecule has 0 unspecified atom stereocenters. The van der Waals surface area contributed by atoms with E-state index in [-0.39, 0.29) is 30.7 Å². The number of amides is 3. The Hall–Kier alpha value is -1.92. The van der Waals surface area contributed by atoms with Crippen LogP contribution in [0.2, 0.25) is 0 Å². The van der Waals surface area contributed by atoms with E-state index >= 15 is 0 Å². The molecule has 0 fully saturated rings. The molecule has 7 heteroatoms. The zero-order chi connectivity index (χ0) is 15.3. The van der Waals surface area contributed by atoms with Gasteiger partial charge in [-0.05, 0) is 13.8 Å². The minimum Gasteiger partial charge on any atom is -0.342 e. The van der Waals surface area contributed by atoms with Crippen molar-refractivity contribution in [2.24, 2.45) is 5.10 Å². The second-order valence-electron chi connectivity index (χ2n) is 4.69. The molecule has 0 saturated heterocycles. The second kappa shape index (κ2) is 7.02. The fourth-order valence-corrected chi connectivity index (χ4v) is 1.99. The van der Waals surface area contributed by atoms with Crippen molar-refractivity contribution in [3.8, 4) is 0 Å². The third kappa shape index (κ3) is 3.79. The predicted octanol–water partition coefficient (Wildman–Crippen LogP) is -0.0786. The predicted molar refractivity (Wildman–Crippen MR) is 75.0 cm³/mol. The van der Waals surface area contributed by atoms with Crippen molar-refractivity contribution >= 4 is 23.4 Å². The van der Waals surface area contributed by atoms with Crippen molar-refractivity contribution < 1.29 is 14.4 Å². The standard InChI is InChI=1S/C13H22N4O3/c1-5-17(6-2)12(19)9-15(3)13(20)10-7-8-11(18)16(4)14-10/h5-9H2,1-4H3. The Bertz CT molecular complexity index is 429. The lowest BCUT2D eigenvalue weighted by atomic mass is 10.1. The van der Waals surface area contributed by atoms with Gasteiger partial charge in [0.15, 0.2) is 0 Å². The fraction of sp³-hybridized carbons (Fsp3) is 0.692. The fourth-order valence-electron chi connectivity index (χ4n) is 1.99. The summed E-state index contributed by atoms with van der Waals surface area (Å²) in [5.74, 6) is -0.500. The van der Waals surface area contributed by atoms with Crippen molar-refractivity contribution in [1.29, 1.82) is 0 Å². The van der Waals surface area contributed by atoms with E-state index in [0.29, 0.717) is 25.2 Å². The first kappa shape index (κ1) is 16.1. The number of likely N-dealkylation sites (N-methyl/N-ethyl adjacent to an activating group) is 2. The van der Waals surface area contributed by atoms with Crippen LogP contribution in [0.4, 0.5) is 0 Å². The van der Waals surface area contributed by atoms with E-state index < -0.39 is 0 Å². The van der Waals surface area contributed by atoms with E-state index in [2.05, 4.69) is 5.10 Å². The van der Waals surface area contributed by atoms with Crippen LogP contribution in [0.15, 0.2) is 5.10 Å². The molecule has 0 aliphatic carbocycles. The van der Waals surface area contributed by atoms with E-state index in [1.807, 2.05) is 13.8 Å². The molecule has 0 aromatic carbocycles. The Morgan fingerprint density at radius 3 is 2.35 bits per heavy atom. The Morgan fingerprint density at radius 1 is 1.25 bits per heavy atom. The number of rotatable bonds is 5. The molecule has 1 aliphatic heterocycles. The van der Waals surface area contributed by atoms with Gasteiger partial charge in [0.1, 0.15) is 5.71 Å². The van der Waals surface area contributed by atoms with Crippen molar-refractivity contribution in [3.63, 3.8) is 0 Å². The van der Waals surface area contributed by atoms with Crippen molar-refractivity contribution in [2.75, 3.05) is 33.7 Å². The maximum absolute atomic E-state index is 12.2. The molecule has 0 spiro atoms. The molecule has 0 radical (unpaired) electrons. The van der Waals surface area contributed by atoms with Crippen LogP contribution in [0, 0.1) is 0 Å². The van der Waals surface area contributed by atoms with Crippen molar-refractivity contribution in [3.05, 3.63) is 0 Å². The number of carbonyl (C=O) groups excluding carboxylic acids is 3. The van der Waals surface area contributed by atoms with Crippen molar-refractivity contribution in [2.45, 2.75) is 26.7 Å². The highest BCUT2D eigenvalue weighted by molar-refractivity contribution is 6.39. The molecule has 1 heterocycles. The van der Waals surface area contributed by atoms with Gasteiger partial charge in [-0.2, -0.15) is 5.10 Å². The summed E-state index contributed by atoms with van der Waals surface area (Å²) < 4.78 is 0. The second-order valence-corrected chi connectivity index (χ2v) is 4.69. The van der Waals surface area contributed by atoms with Gasteiger partial charge in [0.05, 0.1) is 6.54 Å². The van der Waals surface area contributed by atoms with E-state index in [1.54, 1.807) is 11.9 Å². The van der Waals surface area contributed by atoms with Gasteiger partial charge in [-0.1, -0.05) is 0 Å². The molecule has 1 rings (SSSR count). The third-order valence-electron chi connectivity index (χ3n) is 3.29. The van der Waals surface area contributed by atoms with Crippen LogP contribution < -0.4 is 0 Å². The van der Waals surface area contributed by atoms with Gasteiger partial charge >= 0.3 is 0 Å². The summed E-state index contributed by atoms with van der Waals surface area (Å²) >= 11 is 0. The molecule has 20 heavy (non-hydrogen) atoms. The summed E-state index contributed by atoms with van der Waals surface area (Å²) in [6.07, 6.45) is 0.602. The minimum absolute atomic E-state index is 0.0250. The highest BCUT2D eigenvalue weighted by atomic mass is 16.2. The monoisotopic (exact) mass is 282 g/mol. The maximum atomic E-state index is 12.2. The molecule has 0 bridgehead atoms. The van der Waals surface area contributed by atoms with Gasteiger partial charge in [0.2, 0.25) is 11.8 Å². The van der Waals surface area contributed by atoms with Gasteiger partial charge in [-0.15, -0.1) is 0 Å². The number of hydrogen-bond donors (Lipinski definition) is 0. The lowest BCUT2D eigenvalue weighted by molar-refractivity contribution is -0.136. The maximum Gasteiger partial charge on any atom is 0.270 e. The van der Waals surface area contributed by atoms with Gasteiger partial charge in [0, 0.05) is 40.0 Å². The molecule has 7 nitrogen and oxygen atoms in total. The lowest BCUT2D eigenvalue weighted by Gasteiger charge is -2.25. The highest BCUT2D eigenvalue weighted by Gasteiger charge is 2.25. The molecule has 1 aliphatic rings. The Kier molecular flexibility index (Phi) is 5.66. The van der Waals surface area contributed by atoms with Gasteiger partial charge in [-0.25, -0.2) is 5.01 Å². The molecule has 112 valence electrons. The van der Waals surface area contributed by atoms with Gasteiger partial charge in [0.25, 0.3) is 5.91 Å². The van der Waals surface area contributed by atoms with E-state index in [1.165, 1.54) is 17.0 Å². The number of hydrogen-bond acceptors (Lipinski definition) is 4. The molecular weight excluding hydrogens is 260 g/mol. The first-order chi connectivity index (χ1) is 9.40. The van der Waals surface area contributed by atoms with E-state index in [9.17, 15) is 14.4 Å². The molecular formula is C13H22N4O3. The smallest absolute Gasteiger partial charge is 0.270 e. The summed E-state index contributed by atoms with van der Waals surface area (Å²) in [6, 6.07) is 0. The lowest BCUT2D eigenvalue weighted by Crippen LogP contribution is -2.44.